The van der Waals surface area contributed by atoms with Crippen LogP contribution in [0.25, 0.3) is 0 Å². The van der Waals surface area contributed by atoms with Gasteiger partial charge in [0, 0.05) is 6.54 Å². The summed E-state index contributed by atoms with van der Waals surface area (Å²) in [6, 6.07) is 3.74. The van der Waals surface area contributed by atoms with Gasteiger partial charge < -0.3 is 25.0 Å². The first-order chi connectivity index (χ1) is 16.3. The number of benzene rings is 1. The van der Waals surface area contributed by atoms with Crippen LogP contribution in [0, 0.1) is 13.8 Å². The van der Waals surface area contributed by atoms with E-state index < -0.39 is 41.6 Å². The molecule has 0 saturated carbocycles. The molecule has 1 aromatic rings. The Bertz CT molecular complexity index is 873. The van der Waals surface area contributed by atoms with Crippen molar-refractivity contribution in [3.8, 4) is 0 Å². The number of ether oxygens (including phenoxy) is 2. The van der Waals surface area contributed by atoms with Gasteiger partial charge in [0.25, 0.3) is 0 Å². The van der Waals surface area contributed by atoms with Gasteiger partial charge >= 0.3 is 12.1 Å². The first kappa shape index (κ1) is 29.9. The van der Waals surface area contributed by atoms with Crippen LogP contribution in [0.5, 0.6) is 0 Å². The molecule has 35 heavy (non-hydrogen) atoms. The van der Waals surface area contributed by atoms with Crippen molar-refractivity contribution in [3.05, 3.63) is 34.9 Å². The smallest absolute Gasteiger partial charge is 0.408 e. The highest BCUT2D eigenvalue weighted by Gasteiger charge is 2.34. The summed E-state index contributed by atoms with van der Waals surface area (Å²) < 4.78 is 9.92. The van der Waals surface area contributed by atoms with Gasteiger partial charge in [0.05, 0.1) is 7.11 Å². The molecular formula is C26H41N3O6. The number of nitrogens with one attached hydrogen (secondary N) is 2. The summed E-state index contributed by atoms with van der Waals surface area (Å²) >= 11 is 0. The number of carbonyl (C=O) groups excluding carboxylic acids is 4. The Hall–Kier alpha value is -3.10. The Balaban J connectivity index is 3.37. The zero-order chi connectivity index (χ0) is 26.8. The van der Waals surface area contributed by atoms with Crippen molar-refractivity contribution in [3.63, 3.8) is 0 Å². The average Bonchev–Trinajstić information content (AvgIpc) is 2.74. The Morgan fingerprint density at radius 3 is 2.14 bits per heavy atom. The number of nitrogens with zero attached hydrogens (tertiary/aromatic N) is 1. The third kappa shape index (κ3) is 10.4. The molecule has 0 radical (unpaired) electrons. The van der Waals surface area contributed by atoms with Crippen LogP contribution in [-0.2, 0) is 23.9 Å². The van der Waals surface area contributed by atoms with E-state index in [2.05, 4.69) is 15.4 Å². The molecule has 2 atom stereocenters. The van der Waals surface area contributed by atoms with Crippen molar-refractivity contribution in [2.24, 2.45) is 0 Å². The van der Waals surface area contributed by atoms with Gasteiger partial charge in [-0.05, 0) is 53.5 Å². The lowest BCUT2D eigenvalue weighted by Gasteiger charge is -2.34. The number of alkyl carbamates (subject to hydrolysis) is 1. The van der Waals surface area contributed by atoms with Gasteiger partial charge in [0.1, 0.15) is 24.2 Å². The maximum absolute atomic E-state index is 13.6. The Morgan fingerprint density at radius 1 is 1.03 bits per heavy atom. The highest BCUT2D eigenvalue weighted by molar-refractivity contribution is 5.93. The molecule has 1 aromatic carbocycles. The van der Waals surface area contributed by atoms with E-state index in [1.54, 1.807) is 27.7 Å². The van der Waals surface area contributed by atoms with Crippen LogP contribution in [0.15, 0.2) is 18.2 Å². The molecule has 2 N–H and O–H groups in total. The number of hydrogen-bond acceptors (Lipinski definition) is 6. The maximum atomic E-state index is 13.6. The lowest BCUT2D eigenvalue weighted by atomic mass is 9.98. The van der Waals surface area contributed by atoms with E-state index in [1.165, 1.54) is 12.0 Å². The predicted molar refractivity (Wildman–Crippen MR) is 134 cm³/mol. The van der Waals surface area contributed by atoms with E-state index in [0.29, 0.717) is 18.5 Å². The molecule has 0 saturated heterocycles. The largest absolute Gasteiger partial charge is 0.468 e. The van der Waals surface area contributed by atoms with Gasteiger partial charge in [-0.2, -0.15) is 0 Å². The summed E-state index contributed by atoms with van der Waals surface area (Å²) in [5, 5.41) is 5.16. The van der Waals surface area contributed by atoms with Crippen molar-refractivity contribution in [2.45, 2.75) is 85.4 Å². The number of rotatable bonds is 11. The molecule has 9 heteroatoms. The number of carbonyl (C=O) groups is 4. The molecule has 0 aromatic heterocycles. The molecule has 0 bridgehead atoms. The third-order valence-electron chi connectivity index (χ3n) is 5.14. The first-order valence-electron chi connectivity index (χ1n) is 12.0. The summed E-state index contributed by atoms with van der Waals surface area (Å²) in [5.41, 5.74) is 1.78. The van der Waals surface area contributed by atoms with E-state index in [-0.39, 0.29) is 6.54 Å². The third-order valence-corrected chi connectivity index (χ3v) is 5.14. The molecule has 9 nitrogen and oxygen atoms in total. The molecular weight excluding hydrogens is 450 g/mol. The van der Waals surface area contributed by atoms with Gasteiger partial charge in [-0.15, -0.1) is 0 Å². The van der Waals surface area contributed by atoms with Crippen molar-refractivity contribution >= 4 is 23.9 Å². The zero-order valence-electron chi connectivity index (χ0n) is 22.3. The van der Waals surface area contributed by atoms with Crippen LogP contribution in [0.3, 0.4) is 0 Å². The normalized spacial score (nSPS) is 12.8. The summed E-state index contributed by atoms with van der Waals surface area (Å²) in [5.74, 6) is -1.53. The SMILES string of the molecule is CCCCCN(C(=O)C(C)NC(=O)OC(C)(C)C)C(C(=O)NCC(=O)OC)c1cc(C)cc(C)c1. The Kier molecular flexibility index (Phi) is 11.7. The standard InChI is InChI=1S/C26H41N3O6/c1-9-10-11-12-29(24(32)19(4)28-25(33)35-26(5,6)7)22(23(31)27-16-21(30)34-8)20-14-17(2)13-18(3)15-20/h13-15,19,22H,9-12,16H2,1-8H3,(H,27,31)(H,28,33). The Labute approximate surface area is 208 Å². The van der Waals surface area contributed by atoms with Crippen molar-refractivity contribution in [2.75, 3.05) is 20.2 Å². The second-order valence-electron chi connectivity index (χ2n) is 9.72. The molecule has 0 aliphatic rings. The Morgan fingerprint density at radius 2 is 1.63 bits per heavy atom. The molecule has 0 aliphatic carbocycles. The average molecular weight is 492 g/mol. The second kappa shape index (κ2) is 13.7. The van der Waals surface area contributed by atoms with E-state index in [0.717, 1.165) is 24.0 Å². The minimum absolute atomic E-state index is 0.302. The van der Waals surface area contributed by atoms with E-state index >= 15 is 0 Å². The van der Waals surface area contributed by atoms with E-state index in [1.807, 2.05) is 39.0 Å². The topological polar surface area (TPSA) is 114 Å². The van der Waals surface area contributed by atoms with Gasteiger partial charge in [-0.1, -0.05) is 49.1 Å². The lowest BCUT2D eigenvalue weighted by molar-refractivity contribution is -0.144. The molecule has 2 unspecified atom stereocenters. The molecule has 0 heterocycles. The molecule has 3 amide bonds. The van der Waals surface area contributed by atoms with Gasteiger partial charge in [-0.25, -0.2) is 4.79 Å². The summed E-state index contributed by atoms with van der Waals surface area (Å²) in [4.78, 5) is 52.4. The maximum Gasteiger partial charge on any atom is 0.408 e. The number of methoxy groups -OCH3 is 1. The van der Waals surface area contributed by atoms with Crippen LogP contribution in [0.4, 0.5) is 4.79 Å². The van der Waals surface area contributed by atoms with Gasteiger partial charge in [-0.3, -0.25) is 14.4 Å². The van der Waals surface area contributed by atoms with Crippen LogP contribution in [0.2, 0.25) is 0 Å². The first-order valence-corrected chi connectivity index (χ1v) is 12.0. The zero-order valence-corrected chi connectivity index (χ0v) is 22.3. The number of unbranched alkanes of at least 4 members (excludes halogenated alkanes) is 2. The van der Waals surface area contributed by atoms with Crippen LogP contribution >= 0.6 is 0 Å². The van der Waals surface area contributed by atoms with Crippen LogP contribution in [-0.4, -0.2) is 60.6 Å². The molecule has 0 aliphatic heterocycles. The number of aryl methyl sites for hydroxylation is 2. The van der Waals surface area contributed by atoms with Crippen LogP contribution < -0.4 is 10.6 Å². The van der Waals surface area contributed by atoms with Crippen LogP contribution in [0.1, 0.15) is 76.6 Å². The number of hydrogen-bond donors (Lipinski definition) is 2. The molecule has 196 valence electrons. The molecule has 0 fully saturated rings. The van der Waals surface area contributed by atoms with Gasteiger partial charge in [0.15, 0.2) is 0 Å². The molecule has 0 spiro atoms. The monoisotopic (exact) mass is 491 g/mol. The van der Waals surface area contributed by atoms with Gasteiger partial charge in [0.2, 0.25) is 11.8 Å². The second-order valence-corrected chi connectivity index (χ2v) is 9.72. The molecule has 1 rings (SSSR count). The number of amides is 3. The van der Waals surface area contributed by atoms with Crippen molar-refractivity contribution < 1.29 is 28.7 Å². The predicted octanol–water partition coefficient (Wildman–Crippen LogP) is 3.57. The summed E-state index contributed by atoms with van der Waals surface area (Å²) in [7, 11) is 1.24. The highest BCUT2D eigenvalue weighted by atomic mass is 16.6. The fourth-order valence-corrected chi connectivity index (χ4v) is 3.66. The fourth-order valence-electron chi connectivity index (χ4n) is 3.66. The van der Waals surface area contributed by atoms with E-state index in [4.69, 9.17) is 4.74 Å². The summed E-state index contributed by atoms with van der Waals surface area (Å²) in [6.45, 7) is 12.6. The lowest BCUT2D eigenvalue weighted by Crippen LogP contribution is -2.52. The minimum atomic E-state index is -0.995. The summed E-state index contributed by atoms with van der Waals surface area (Å²) in [6.07, 6.45) is 1.75. The van der Waals surface area contributed by atoms with E-state index in [9.17, 15) is 19.2 Å². The quantitative estimate of drug-likeness (QED) is 0.361. The minimum Gasteiger partial charge on any atom is -0.468 e. The fraction of sp³-hybridized carbons (Fsp3) is 0.615. The number of esters is 1. The van der Waals surface area contributed by atoms with Crippen molar-refractivity contribution in [1.29, 1.82) is 0 Å². The van der Waals surface area contributed by atoms with Crippen molar-refractivity contribution in [1.82, 2.24) is 15.5 Å². The highest BCUT2D eigenvalue weighted by Crippen LogP contribution is 2.25.